The maximum absolute atomic E-state index is 11.1. The highest BCUT2D eigenvalue weighted by Gasteiger charge is 2.34. The molecule has 0 fully saturated rings. The third-order valence-electron chi connectivity index (χ3n) is 1.81. The second-order valence-electron chi connectivity index (χ2n) is 4.53. The van der Waals surface area contributed by atoms with Crippen molar-refractivity contribution < 1.29 is 25.2 Å². The fraction of sp³-hybridized carbons (Fsp3) is 0.800. The predicted octanol–water partition coefficient (Wildman–Crippen LogP) is 1.40. The van der Waals surface area contributed by atoms with Crippen molar-refractivity contribution in [2.75, 3.05) is 12.5 Å². The van der Waals surface area contributed by atoms with Crippen molar-refractivity contribution in [2.24, 2.45) is 0 Å². The maximum atomic E-state index is 11.1. The largest absolute Gasteiger partial charge is 0.267 e. The lowest BCUT2D eigenvalue weighted by molar-refractivity contribution is -0.0920. The topological polar surface area (TPSA) is 86.7 Å². The zero-order valence-corrected chi connectivity index (χ0v) is 12.9. The summed E-state index contributed by atoms with van der Waals surface area (Å²) in [5.74, 6) is -1.72. The van der Waals surface area contributed by atoms with E-state index in [9.17, 15) is 16.8 Å². The summed E-state index contributed by atoms with van der Waals surface area (Å²) in [7, 11) is -7.63. The zero-order valence-electron chi connectivity index (χ0n) is 11.3. The van der Waals surface area contributed by atoms with E-state index in [1.54, 1.807) is 0 Å². The molecule has 18 heavy (non-hydrogen) atoms. The molecule has 0 spiro atoms. The Kier molecular flexibility index (Phi) is 5.99. The van der Waals surface area contributed by atoms with Gasteiger partial charge in [-0.25, -0.2) is 8.37 Å². The van der Waals surface area contributed by atoms with E-state index in [4.69, 9.17) is 8.37 Å². The van der Waals surface area contributed by atoms with Crippen LogP contribution in [0.25, 0.3) is 0 Å². The van der Waals surface area contributed by atoms with Crippen molar-refractivity contribution in [3.8, 4) is 0 Å². The van der Waals surface area contributed by atoms with Gasteiger partial charge in [-0.1, -0.05) is 11.6 Å². The summed E-state index contributed by atoms with van der Waals surface area (Å²) in [5.41, 5.74) is 1.04. The standard InChI is InChI=1S/C10H20O6S2/c1-9(2)7-6-8-10(3,15-17(4,11)12)16-18(5,13)14/h7H,6,8H2,1-5H3. The van der Waals surface area contributed by atoms with Gasteiger partial charge in [-0.2, -0.15) is 16.8 Å². The third-order valence-corrected chi connectivity index (χ3v) is 3.12. The second-order valence-corrected chi connectivity index (χ2v) is 7.68. The van der Waals surface area contributed by atoms with Crippen LogP contribution in [0.3, 0.4) is 0 Å². The van der Waals surface area contributed by atoms with Crippen LogP contribution in [0, 0.1) is 0 Å². The monoisotopic (exact) mass is 300 g/mol. The molecule has 0 aliphatic carbocycles. The van der Waals surface area contributed by atoms with E-state index >= 15 is 0 Å². The number of allylic oxidation sites excluding steroid dienone is 2. The highest BCUT2D eigenvalue weighted by atomic mass is 32.2. The van der Waals surface area contributed by atoms with Gasteiger partial charge in [-0.3, -0.25) is 0 Å². The smallest absolute Gasteiger partial charge is 0.234 e. The average molecular weight is 300 g/mol. The van der Waals surface area contributed by atoms with Crippen LogP contribution in [0.4, 0.5) is 0 Å². The van der Waals surface area contributed by atoms with Crippen molar-refractivity contribution in [2.45, 2.75) is 39.4 Å². The SMILES string of the molecule is CC(C)=CCCC(C)(OS(C)(=O)=O)OS(C)(=O)=O. The predicted molar refractivity (Wildman–Crippen MR) is 68.9 cm³/mol. The van der Waals surface area contributed by atoms with Crippen molar-refractivity contribution in [1.82, 2.24) is 0 Å². The molecule has 0 saturated carbocycles. The van der Waals surface area contributed by atoms with Crippen LogP contribution >= 0.6 is 0 Å². The van der Waals surface area contributed by atoms with Crippen molar-refractivity contribution in [3.63, 3.8) is 0 Å². The molecule has 0 atom stereocenters. The quantitative estimate of drug-likeness (QED) is 0.401. The minimum absolute atomic E-state index is 0.109. The molecule has 0 heterocycles. The maximum Gasteiger partial charge on any atom is 0.267 e. The number of hydrogen-bond donors (Lipinski definition) is 0. The highest BCUT2D eigenvalue weighted by Crippen LogP contribution is 2.24. The van der Waals surface area contributed by atoms with Crippen LogP contribution in [0.5, 0.6) is 0 Å². The lowest BCUT2D eigenvalue weighted by Crippen LogP contribution is -2.36. The van der Waals surface area contributed by atoms with Gasteiger partial charge < -0.3 is 0 Å². The van der Waals surface area contributed by atoms with Crippen LogP contribution in [-0.2, 0) is 28.6 Å². The van der Waals surface area contributed by atoms with Crippen LogP contribution in [0.2, 0.25) is 0 Å². The fourth-order valence-corrected chi connectivity index (χ4v) is 2.92. The molecule has 6 nitrogen and oxygen atoms in total. The molecular formula is C10H20O6S2. The number of hydrogen-bond acceptors (Lipinski definition) is 6. The first-order valence-corrected chi connectivity index (χ1v) is 8.91. The van der Waals surface area contributed by atoms with Crippen LogP contribution < -0.4 is 0 Å². The molecule has 8 heteroatoms. The van der Waals surface area contributed by atoms with Gasteiger partial charge >= 0.3 is 0 Å². The second kappa shape index (κ2) is 6.14. The molecule has 0 aromatic heterocycles. The first-order valence-electron chi connectivity index (χ1n) is 5.28. The summed E-state index contributed by atoms with van der Waals surface area (Å²) in [6.07, 6.45) is 4.09. The molecule has 0 saturated heterocycles. The molecule has 0 aromatic rings. The first-order chi connectivity index (χ1) is 7.83. The molecule has 0 aliphatic rings. The summed E-state index contributed by atoms with van der Waals surface area (Å²) in [5, 5.41) is 0. The van der Waals surface area contributed by atoms with E-state index in [1.807, 2.05) is 19.9 Å². The Morgan fingerprint density at radius 1 is 1.06 bits per heavy atom. The molecule has 0 aliphatic heterocycles. The third kappa shape index (κ3) is 9.58. The van der Waals surface area contributed by atoms with Gasteiger partial charge in [0.2, 0.25) is 5.79 Å². The lowest BCUT2D eigenvalue weighted by atomic mass is 10.1. The van der Waals surface area contributed by atoms with E-state index in [2.05, 4.69) is 0 Å². The van der Waals surface area contributed by atoms with E-state index in [1.165, 1.54) is 6.92 Å². The van der Waals surface area contributed by atoms with E-state index in [-0.39, 0.29) is 6.42 Å². The van der Waals surface area contributed by atoms with E-state index in [0.717, 1.165) is 18.1 Å². The van der Waals surface area contributed by atoms with Gasteiger partial charge in [0, 0.05) is 6.42 Å². The zero-order chi connectivity index (χ0) is 14.6. The molecule has 0 N–H and O–H groups in total. The average Bonchev–Trinajstić information content (AvgIpc) is 1.93. The first kappa shape index (κ1) is 17.6. The van der Waals surface area contributed by atoms with Gasteiger partial charge in [0.1, 0.15) is 0 Å². The van der Waals surface area contributed by atoms with Gasteiger partial charge in [-0.15, -0.1) is 0 Å². The van der Waals surface area contributed by atoms with Gasteiger partial charge in [-0.05, 0) is 27.2 Å². The van der Waals surface area contributed by atoms with Crippen molar-refractivity contribution in [1.29, 1.82) is 0 Å². The Morgan fingerprint density at radius 3 is 1.72 bits per heavy atom. The summed E-state index contributed by atoms with van der Waals surface area (Å²) < 4.78 is 53.9. The molecular weight excluding hydrogens is 280 g/mol. The van der Waals surface area contributed by atoms with Gasteiger partial charge in [0.05, 0.1) is 12.5 Å². The normalized spacial score (nSPS) is 13.4. The molecule has 0 amide bonds. The molecule has 0 rings (SSSR count). The number of rotatable bonds is 7. The molecule has 108 valence electrons. The Morgan fingerprint density at radius 2 is 1.44 bits per heavy atom. The summed E-state index contributed by atoms with van der Waals surface area (Å²) >= 11 is 0. The minimum atomic E-state index is -3.81. The fourth-order valence-electron chi connectivity index (χ4n) is 1.36. The van der Waals surface area contributed by atoms with Crippen LogP contribution in [0.15, 0.2) is 11.6 Å². The molecule has 0 unspecified atom stereocenters. The van der Waals surface area contributed by atoms with Crippen LogP contribution in [-0.4, -0.2) is 35.1 Å². The Balaban J connectivity index is 4.98. The summed E-state index contributed by atoms with van der Waals surface area (Å²) in [6.45, 7) is 5.05. The Hall–Kier alpha value is -0.440. The highest BCUT2D eigenvalue weighted by molar-refractivity contribution is 7.86. The molecule has 0 bridgehead atoms. The van der Waals surface area contributed by atoms with Gasteiger partial charge in [0.25, 0.3) is 20.2 Å². The Bertz CT molecular complexity index is 462. The molecule has 0 radical (unpaired) electrons. The Labute approximate surface area is 109 Å². The lowest BCUT2D eigenvalue weighted by Gasteiger charge is -2.26. The van der Waals surface area contributed by atoms with Crippen LogP contribution in [0.1, 0.15) is 33.6 Å². The van der Waals surface area contributed by atoms with Crippen molar-refractivity contribution >= 4 is 20.2 Å². The van der Waals surface area contributed by atoms with Crippen molar-refractivity contribution in [3.05, 3.63) is 11.6 Å². The van der Waals surface area contributed by atoms with E-state index in [0.29, 0.717) is 6.42 Å². The summed E-state index contributed by atoms with van der Waals surface area (Å²) in [4.78, 5) is 0. The minimum Gasteiger partial charge on any atom is -0.234 e. The van der Waals surface area contributed by atoms with E-state index < -0.39 is 26.0 Å². The summed E-state index contributed by atoms with van der Waals surface area (Å²) in [6, 6.07) is 0. The van der Waals surface area contributed by atoms with Gasteiger partial charge in [0.15, 0.2) is 0 Å². The molecule has 0 aromatic carbocycles.